The van der Waals surface area contributed by atoms with Gasteiger partial charge in [0.1, 0.15) is 5.75 Å². The third kappa shape index (κ3) is 5.12. The summed E-state index contributed by atoms with van der Waals surface area (Å²) in [6.45, 7) is 1.96. The van der Waals surface area contributed by atoms with Gasteiger partial charge in [-0.25, -0.2) is 13.2 Å². The molecule has 0 aliphatic rings. The molecule has 0 saturated heterocycles. The van der Waals surface area contributed by atoms with Gasteiger partial charge in [0, 0.05) is 18.9 Å². The average molecular weight is 381 g/mol. The third-order valence-corrected chi connectivity index (χ3v) is 4.27. The predicted molar refractivity (Wildman–Crippen MR) is 99.9 cm³/mol. The number of nitrogens with one attached hydrogen (secondary N) is 3. The number of hydrogen-bond donors (Lipinski definition) is 3. The van der Waals surface area contributed by atoms with Crippen molar-refractivity contribution in [1.29, 1.82) is 0 Å². The molecule has 1 unspecified atom stereocenters. The van der Waals surface area contributed by atoms with Crippen LogP contribution in [-0.2, 0) is 17.1 Å². The highest BCUT2D eigenvalue weighted by Crippen LogP contribution is 2.28. The highest BCUT2D eigenvalue weighted by molar-refractivity contribution is 7.92. The molecule has 0 fully saturated rings. The minimum atomic E-state index is -3.48. The molecule has 0 spiro atoms. The number of nitrogens with zero attached hydrogens (tertiary/aromatic N) is 2. The van der Waals surface area contributed by atoms with Gasteiger partial charge in [0.05, 0.1) is 30.8 Å². The molecule has 10 heteroatoms. The molecular formula is C16H23N5O4S. The molecule has 2 amide bonds. The van der Waals surface area contributed by atoms with Gasteiger partial charge in [0.2, 0.25) is 10.0 Å². The zero-order chi connectivity index (χ0) is 19.3. The van der Waals surface area contributed by atoms with E-state index in [4.69, 9.17) is 4.74 Å². The second kappa shape index (κ2) is 8.09. The minimum absolute atomic E-state index is 0.200. The number of rotatable bonds is 7. The Balaban J connectivity index is 2.13. The van der Waals surface area contributed by atoms with E-state index < -0.39 is 16.1 Å². The highest BCUT2D eigenvalue weighted by Gasteiger charge is 2.16. The lowest BCUT2D eigenvalue weighted by molar-refractivity contribution is 0.247. The molecule has 0 aliphatic heterocycles. The van der Waals surface area contributed by atoms with E-state index in [1.54, 1.807) is 23.0 Å². The summed E-state index contributed by atoms with van der Waals surface area (Å²) in [7, 11) is -0.238. The van der Waals surface area contributed by atoms with Crippen molar-refractivity contribution in [3.63, 3.8) is 0 Å². The molecule has 142 valence electrons. The summed E-state index contributed by atoms with van der Waals surface area (Å²) in [5.41, 5.74) is 1.55. The molecule has 9 nitrogen and oxygen atoms in total. The summed E-state index contributed by atoms with van der Waals surface area (Å²) in [6.07, 6.45) is 3.40. The van der Waals surface area contributed by atoms with Crippen LogP contribution in [0.5, 0.6) is 5.75 Å². The standard InChI is InChI=1S/C16H23N5O4S/c1-5-12(14-8-9-17-21(14)2)19-16(22)18-11-6-7-15(25-3)13(10-11)20-26(4,23)24/h6-10,12,20H,5H2,1-4H3,(H2,18,19,22). The van der Waals surface area contributed by atoms with Crippen LogP contribution in [0.4, 0.5) is 16.2 Å². The van der Waals surface area contributed by atoms with Crippen molar-refractivity contribution in [2.24, 2.45) is 7.05 Å². The molecule has 26 heavy (non-hydrogen) atoms. The lowest BCUT2D eigenvalue weighted by Crippen LogP contribution is -2.33. The fourth-order valence-electron chi connectivity index (χ4n) is 2.50. The summed E-state index contributed by atoms with van der Waals surface area (Å²) in [5.74, 6) is 0.350. The predicted octanol–water partition coefficient (Wildman–Crippen LogP) is 2.07. The number of methoxy groups -OCH3 is 1. The van der Waals surface area contributed by atoms with Crippen LogP contribution in [0.1, 0.15) is 25.1 Å². The van der Waals surface area contributed by atoms with Crippen LogP contribution in [0.25, 0.3) is 0 Å². The molecule has 2 rings (SSSR count). The van der Waals surface area contributed by atoms with Crippen LogP contribution in [0.2, 0.25) is 0 Å². The van der Waals surface area contributed by atoms with E-state index in [9.17, 15) is 13.2 Å². The first-order chi connectivity index (χ1) is 12.2. The van der Waals surface area contributed by atoms with Crippen LogP contribution in [0.3, 0.4) is 0 Å². The van der Waals surface area contributed by atoms with E-state index in [0.29, 0.717) is 17.9 Å². The lowest BCUT2D eigenvalue weighted by Gasteiger charge is -2.18. The molecule has 1 aromatic heterocycles. The monoisotopic (exact) mass is 381 g/mol. The molecule has 1 aromatic carbocycles. The van der Waals surface area contributed by atoms with Crippen LogP contribution in [-0.4, -0.2) is 37.6 Å². The molecule has 2 aromatic rings. The van der Waals surface area contributed by atoms with Crippen LogP contribution < -0.4 is 20.1 Å². The van der Waals surface area contributed by atoms with Crippen LogP contribution in [0, 0.1) is 0 Å². The van der Waals surface area contributed by atoms with E-state index in [0.717, 1.165) is 11.9 Å². The molecule has 0 bridgehead atoms. The quantitative estimate of drug-likeness (QED) is 0.679. The number of sulfonamides is 1. The Hall–Kier alpha value is -2.75. The number of aryl methyl sites for hydroxylation is 1. The molecule has 0 radical (unpaired) electrons. The fourth-order valence-corrected chi connectivity index (χ4v) is 3.06. The van der Waals surface area contributed by atoms with Gasteiger partial charge in [-0.15, -0.1) is 0 Å². The minimum Gasteiger partial charge on any atom is -0.495 e. The number of anilines is 2. The topological polar surface area (TPSA) is 114 Å². The Morgan fingerprint density at radius 3 is 2.62 bits per heavy atom. The fraction of sp³-hybridized carbons (Fsp3) is 0.375. The Kier molecular flexibility index (Phi) is 6.09. The van der Waals surface area contributed by atoms with E-state index in [-0.39, 0.29) is 11.7 Å². The van der Waals surface area contributed by atoms with Gasteiger partial charge in [-0.3, -0.25) is 9.40 Å². The highest BCUT2D eigenvalue weighted by atomic mass is 32.2. The molecule has 1 heterocycles. The number of urea groups is 1. The van der Waals surface area contributed by atoms with Gasteiger partial charge >= 0.3 is 6.03 Å². The van der Waals surface area contributed by atoms with Crippen molar-refractivity contribution in [2.45, 2.75) is 19.4 Å². The van der Waals surface area contributed by atoms with Crippen molar-refractivity contribution in [2.75, 3.05) is 23.4 Å². The van der Waals surface area contributed by atoms with Gasteiger partial charge in [-0.2, -0.15) is 5.10 Å². The van der Waals surface area contributed by atoms with E-state index >= 15 is 0 Å². The Bertz CT molecular complexity index is 879. The first-order valence-corrected chi connectivity index (χ1v) is 9.84. The summed E-state index contributed by atoms with van der Waals surface area (Å²) in [4.78, 5) is 12.3. The van der Waals surface area contributed by atoms with E-state index in [2.05, 4.69) is 20.5 Å². The van der Waals surface area contributed by atoms with E-state index in [1.807, 2.05) is 20.0 Å². The number of amides is 2. The number of carbonyl (C=O) groups is 1. The maximum Gasteiger partial charge on any atom is 0.319 e. The van der Waals surface area contributed by atoms with Gasteiger partial charge in [0.15, 0.2) is 0 Å². The number of benzene rings is 1. The maximum absolute atomic E-state index is 12.3. The van der Waals surface area contributed by atoms with E-state index in [1.165, 1.54) is 13.2 Å². The molecular weight excluding hydrogens is 358 g/mol. The van der Waals surface area contributed by atoms with Crippen molar-refractivity contribution >= 4 is 27.4 Å². The van der Waals surface area contributed by atoms with Crippen molar-refractivity contribution in [3.05, 3.63) is 36.2 Å². The lowest BCUT2D eigenvalue weighted by atomic mass is 10.1. The second-order valence-corrected chi connectivity index (χ2v) is 7.48. The zero-order valence-corrected chi connectivity index (χ0v) is 15.9. The number of hydrogen-bond acceptors (Lipinski definition) is 5. The van der Waals surface area contributed by atoms with Gasteiger partial charge in [-0.05, 0) is 30.7 Å². The van der Waals surface area contributed by atoms with Crippen LogP contribution >= 0.6 is 0 Å². The molecule has 1 atom stereocenters. The van der Waals surface area contributed by atoms with Crippen molar-refractivity contribution < 1.29 is 17.9 Å². The van der Waals surface area contributed by atoms with Crippen LogP contribution in [0.15, 0.2) is 30.5 Å². The smallest absolute Gasteiger partial charge is 0.319 e. The summed E-state index contributed by atoms with van der Waals surface area (Å²) in [6, 6.07) is 5.92. The van der Waals surface area contributed by atoms with Gasteiger partial charge < -0.3 is 15.4 Å². The number of ether oxygens (including phenoxy) is 1. The molecule has 0 aliphatic carbocycles. The third-order valence-electron chi connectivity index (χ3n) is 3.68. The Morgan fingerprint density at radius 2 is 2.08 bits per heavy atom. The summed E-state index contributed by atoms with van der Waals surface area (Å²) in [5, 5.41) is 9.68. The normalized spacial score (nSPS) is 12.3. The second-order valence-electron chi connectivity index (χ2n) is 5.73. The average Bonchev–Trinajstić information content (AvgIpc) is 2.97. The molecule has 3 N–H and O–H groups in total. The maximum atomic E-state index is 12.3. The molecule has 0 saturated carbocycles. The number of aromatic nitrogens is 2. The SMILES string of the molecule is CCC(NC(=O)Nc1ccc(OC)c(NS(C)(=O)=O)c1)c1ccnn1C. The van der Waals surface area contributed by atoms with Gasteiger partial charge in [-0.1, -0.05) is 6.92 Å². The first kappa shape index (κ1) is 19.6. The van der Waals surface area contributed by atoms with Crippen molar-refractivity contribution in [1.82, 2.24) is 15.1 Å². The summed E-state index contributed by atoms with van der Waals surface area (Å²) < 4.78 is 32.1. The largest absolute Gasteiger partial charge is 0.495 e. The Morgan fingerprint density at radius 1 is 1.35 bits per heavy atom. The zero-order valence-electron chi connectivity index (χ0n) is 15.1. The Labute approximate surface area is 152 Å². The number of carbonyl (C=O) groups excluding carboxylic acids is 1. The van der Waals surface area contributed by atoms with Crippen molar-refractivity contribution in [3.8, 4) is 5.75 Å². The summed E-state index contributed by atoms with van der Waals surface area (Å²) >= 11 is 0. The first-order valence-electron chi connectivity index (χ1n) is 7.94. The van der Waals surface area contributed by atoms with Gasteiger partial charge in [0.25, 0.3) is 0 Å².